The van der Waals surface area contributed by atoms with Gasteiger partial charge in [0.25, 0.3) is 5.91 Å². The number of rotatable bonds is 5. The SMILES string of the molecule is CCc1cccc2c(CCNC(=O)c3n[nH]c4c3CNCC4)c[nH]c12.Cl. The standard InChI is InChI=1S/C19H23N5O.ClH/c1-2-12-4-3-5-14-13(10-22-17(12)14)6-9-21-19(25)18-15-11-20-8-7-16(15)23-24-18;/h3-5,10,20,22H,2,6-9,11H2,1H3,(H,21,25)(H,23,24);1H. The van der Waals surface area contributed by atoms with E-state index in [0.717, 1.165) is 37.1 Å². The minimum absolute atomic E-state index is 0. The number of para-hydroxylation sites is 1. The van der Waals surface area contributed by atoms with Crippen molar-refractivity contribution >= 4 is 29.2 Å². The van der Waals surface area contributed by atoms with Crippen molar-refractivity contribution in [3.8, 4) is 0 Å². The minimum atomic E-state index is -0.102. The second kappa shape index (κ2) is 7.93. The summed E-state index contributed by atoms with van der Waals surface area (Å²) in [5, 5.41) is 14.7. The van der Waals surface area contributed by atoms with Crippen LogP contribution in [0.1, 0.15) is 39.8 Å². The first-order valence-corrected chi connectivity index (χ1v) is 8.90. The number of carbonyl (C=O) groups is 1. The minimum Gasteiger partial charge on any atom is -0.361 e. The van der Waals surface area contributed by atoms with Gasteiger partial charge in [0.15, 0.2) is 5.69 Å². The van der Waals surface area contributed by atoms with Gasteiger partial charge in [0.05, 0.1) is 0 Å². The molecule has 0 aliphatic carbocycles. The molecular weight excluding hydrogens is 350 g/mol. The van der Waals surface area contributed by atoms with E-state index in [0.29, 0.717) is 18.8 Å². The van der Waals surface area contributed by atoms with Crippen LogP contribution in [0.15, 0.2) is 24.4 Å². The lowest BCUT2D eigenvalue weighted by molar-refractivity contribution is 0.0948. The molecule has 1 aliphatic heterocycles. The molecule has 1 aromatic carbocycles. The van der Waals surface area contributed by atoms with E-state index < -0.39 is 0 Å². The van der Waals surface area contributed by atoms with Crippen molar-refractivity contribution in [3.05, 3.63) is 52.5 Å². The van der Waals surface area contributed by atoms with Crippen molar-refractivity contribution in [2.45, 2.75) is 32.7 Å². The van der Waals surface area contributed by atoms with Gasteiger partial charge in [-0.2, -0.15) is 5.10 Å². The number of aromatic amines is 2. The third-order valence-corrected chi connectivity index (χ3v) is 4.97. The molecule has 3 heterocycles. The van der Waals surface area contributed by atoms with Crippen molar-refractivity contribution in [2.24, 2.45) is 0 Å². The van der Waals surface area contributed by atoms with Crippen LogP contribution < -0.4 is 10.6 Å². The lowest BCUT2D eigenvalue weighted by Crippen LogP contribution is -2.29. The fourth-order valence-electron chi connectivity index (χ4n) is 3.58. The highest BCUT2D eigenvalue weighted by molar-refractivity contribution is 5.94. The first kappa shape index (κ1) is 18.5. The zero-order chi connectivity index (χ0) is 17.2. The maximum absolute atomic E-state index is 12.4. The van der Waals surface area contributed by atoms with Gasteiger partial charge in [0.1, 0.15) is 0 Å². The summed E-state index contributed by atoms with van der Waals surface area (Å²) < 4.78 is 0. The van der Waals surface area contributed by atoms with E-state index in [-0.39, 0.29) is 18.3 Å². The van der Waals surface area contributed by atoms with Crippen LogP contribution in [0.4, 0.5) is 0 Å². The Hall–Kier alpha value is -2.31. The zero-order valence-electron chi connectivity index (χ0n) is 14.8. The van der Waals surface area contributed by atoms with Gasteiger partial charge in [-0.05, 0) is 24.0 Å². The van der Waals surface area contributed by atoms with E-state index >= 15 is 0 Å². The van der Waals surface area contributed by atoms with E-state index in [9.17, 15) is 4.79 Å². The molecule has 4 N–H and O–H groups in total. The molecule has 6 nitrogen and oxygen atoms in total. The number of nitrogens with zero attached hydrogens (tertiary/aromatic N) is 1. The smallest absolute Gasteiger partial charge is 0.272 e. The maximum Gasteiger partial charge on any atom is 0.272 e. The van der Waals surface area contributed by atoms with Gasteiger partial charge >= 0.3 is 0 Å². The van der Waals surface area contributed by atoms with E-state index in [4.69, 9.17) is 0 Å². The van der Waals surface area contributed by atoms with Gasteiger partial charge in [-0.1, -0.05) is 25.1 Å². The van der Waals surface area contributed by atoms with Gasteiger partial charge in [0.2, 0.25) is 0 Å². The Morgan fingerprint density at radius 3 is 3.04 bits per heavy atom. The van der Waals surface area contributed by atoms with Crippen LogP contribution in [-0.4, -0.2) is 34.2 Å². The Kier molecular flexibility index (Phi) is 5.64. The predicted octanol–water partition coefficient (Wildman–Crippen LogP) is 2.49. The average molecular weight is 374 g/mol. The summed E-state index contributed by atoms with van der Waals surface area (Å²) in [6.45, 7) is 4.39. The number of amides is 1. The number of nitrogens with one attached hydrogen (secondary N) is 4. The number of halogens is 1. The topological polar surface area (TPSA) is 85.6 Å². The first-order valence-electron chi connectivity index (χ1n) is 8.90. The molecular formula is C19H24ClN5O. The number of hydrogen-bond donors (Lipinski definition) is 4. The highest BCUT2D eigenvalue weighted by Gasteiger charge is 2.21. The average Bonchev–Trinajstić information content (AvgIpc) is 3.26. The molecule has 1 amide bonds. The Morgan fingerprint density at radius 1 is 1.31 bits per heavy atom. The molecule has 0 saturated carbocycles. The van der Waals surface area contributed by atoms with Crippen LogP contribution in [-0.2, 0) is 25.8 Å². The predicted molar refractivity (Wildman–Crippen MR) is 105 cm³/mol. The maximum atomic E-state index is 12.4. The highest BCUT2D eigenvalue weighted by atomic mass is 35.5. The molecule has 0 spiro atoms. The van der Waals surface area contributed by atoms with E-state index in [2.05, 4.69) is 57.1 Å². The van der Waals surface area contributed by atoms with E-state index in [1.54, 1.807) is 0 Å². The van der Waals surface area contributed by atoms with Crippen molar-refractivity contribution in [3.63, 3.8) is 0 Å². The summed E-state index contributed by atoms with van der Waals surface area (Å²) in [5.41, 5.74) is 6.36. The van der Waals surface area contributed by atoms with Crippen LogP contribution in [0.25, 0.3) is 10.9 Å². The van der Waals surface area contributed by atoms with Crippen LogP contribution in [0.3, 0.4) is 0 Å². The van der Waals surface area contributed by atoms with Gasteiger partial charge in [-0.25, -0.2) is 0 Å². The number of H-pyrrole nitrogens is 2. The number of aryl methyl sites for hydroxylation is 1. The molecule has 0 fully saturated rings. The molecule has 7 heteroatoms. The van der Waals surface area contributed by atoms with Gasteiger partial charge in [0, 0.05) is 54.4 Å². The quantitative estimate of drug-likeness (QED) is 0.554. The van der Waals surface area contributed by atoms with Gasteiger partial charge in [-0.15, -0.1) is 12.4 Å². The fraction of sp³-hybridized carbons (Fsp3) is 0.368. The lowest BCUT2D eigenvalue weighted by Gasteiger charge is -2.12. The molecule has 0 atom stereocenters. The molecule has 1 aliphatic rings. The number of hydrogen-bond acceptors (Lipinski definition) is 3. The van der Waals surface area contributed by atoms with Crippen molar-refractivity contribution < 1.29 is 4.79 Å². The van der Waals surface area contributed by atoms with Crippen LogP contribution in [0.5, 0.6) is 0 Å². The summed E-state index contributed by atoms with van der Waals surface area (Å²) in [6, 6.07) is 6.39. The lowest BCUT2D eigenvalue weighted by atomic mass is 10.1. The molecule has 26 heavy (non-hydrogen) atoms. The number of fused-ring (bicyclic) bond motifs is 2. The normalized spacial score (nSPS) is 13.3. The van der Waals surface area contributed by atoms with Crippen LogP contribution >= 0.6 is 12.4 Å². The Bertz CT molecular complexity index is 914. The molecule has 0 bridgehead atoms. The Morgan fingerprint density at radius 2 is 2.19 bits per heavy atom. The van der Waals surface area contributed by atoms with Gasteiger partial charge < -0.3 is 15.6 Å². The largest absolute Gasteiger partial charge is 0.361 e. The van der Waals surface area contributed by atoms with Crippen molar-refractivity contribution in [1.29, 1.82) is 0 Å². The number of aromatic nitrogens is 3. The van der Waals surface area contributed by atoms with E-state index in [1.165, 1.54) is 22.0 Å². The summed E-state index contributed by atoms with van der Waals surface area (Å²) in [7, 11) is 0. The van der Waals surface area contributed by atoms with E-state index in [1.807, 2.05) is 0 Å². The number of benzene rings is 1. The second-order valence-electron chi connectivity index (χ2n) is 6.47. The van der Waals surface area contributed by atoms with Gasteiger partial charge in [-0.3, -0.25) is 9.89 Å². The van der Waals surface area contributed by atoms with Crippen LogP contribution in [0, 0.1) is 0 Å². The third kappa shape index (κ3) is 3.34. The second-order valence-corrected chi connectivity index (χ2v) is 6.47. The summed E-state index contributed by atoms with van der Waals surface area (Å²) in [6.07, 6.45) is 4.75. The zero-order valence-corrected chi connectivity index (χ0v) is 15.6. The summed E-state index contributed by atoms with van der Waals surface area (Å²) in [5.74, 6) is -0.102. The molecule has 2 aromatic heterocycles. The third-order valence-electron chi connectivity index (χ3n) is 4.97. The first-order chi connectivity index (χ1) is 12.3. The molecule has 3 aromatic rings. The molecule has 138 valence electrons. The van der Waals surface area contributed by atoms with Crippen LogP contribution in [0.2, 0.25) is 0 Å². The molecule has 0 unspecified atom stereocenters. The molecule has 0 radical (unpaired) electrons. The monoisotopic (exact) mass is 373 g/mol. The molecule has 4 rings (SSSR count). The van der Waals surface area contributed by atoms with Crippen molar-refractivity contribution in [2.75, 3.05) is 13.1 Å². The Balaban J connectivity index is 0.00000196. The highest BCUT2D eigenvalue weighted by Crippen LogP contribution is 2.22. The fourth-order valence-corrected chi connectivity index (χ4v) is 3.58. The van der Waals surface area contributed by atoms with Crippen molar-refractivity contribution in [1.82, 2.24) is 25.8 Å². The number of carbonyl (C=O) groups excluding carboxylic acids is 1. The molecule has 0 saturated heterocycles. The summed E-state index contributed by atoms with van der Waals surface area (Å²) in [4.78, 5) is 15.8. The Labute approximate surface area is 158 Å². The summed E-state index contributed by atoms with van der Waals surface area (Å²) >= 11 is 0.